The Morgan fingerprint density at radius 2 is 1.65 bits per heavy atom. The second-order valence-electron chi connectivity index (χ2n) is 4.95. The van der Waals surface area contributed by atoms with Crippen LogP contribution in [0.5, 0.6) is 0 Å². The van der Waals surface area contributed by atoms with Crippen LogP contribution in [0.15, 0.2) is 12.2 Å². The molecule has 0 amide bonds. The molecule has 0 heterocycles. The second kappa shape index (κ2) is 9.77. The molecule has 1 nitrogen and oxygen atoms in total. The first kappa shape index (κ1) is 16.8. The van der Waals surface area contributed by atoms with E-state index in [2.05, 4.69) is 6.58 Å². The van der Waals surface area contributed by atoms with Gasteiger partial charge in [-0.25, -0.2) is 8.78 Å². The van der Waals surface area contributed by atoms with Gasteiger partial charge in [-0.15, -0.1) is 0 Å². The Hall–Kier alpha value is -0.223. The van der Waals surface area contributed by atoms with Gasteiger partial charge in [-0.2, -0.15) is 0 Å². The Morgan fingerprint density at radius 3 is 2.18 bits per heavy atom. The van der Waals surface area contributed by atoms with Crippen molar-refractivity contribution in [3.8, 4) is 0 Å². The average molecular weight is 264 g/mol. The summed E-state index contributed by atoms with van der Waals surface area (Å²) in [6.07, 6.45) is 6.08. The molecular formula is C13H26F2OSi. The monoisotopic (exact) mass is 264 g/mol. The van der Waals surface area contributed by atoms with Crippen LogP contribution in [0.2, 0.25) is 0 Å². The van der Waals surface area contributed by atoms with Gasteiger partial charge in [0.1, 0.15) is 0 Å². The molecule has 0 rings (SSSR count). The van der Waals surface area contributed by atoms with Gasteiger partial charge in [0.25, 0.3) is 0 Å². The van der Waals surface area contributed by atoms with Crippen molar-refractivity contribution >= 4 is 10.2 Å². The van der Waals surface area contributed by atoms with Gasteiger partial charge < -0.3 is 4.74 Å². The summed E-state index contributed by atoms with van der Waals surface area (Å²) >= 11 is 0. The van der Waals surface area contributed by atoms with Gasteiger partial charge in [0, 0.05) is 13.0 Å². The number of halogens is 2. The van der Waals surface area contributed by atoms with Crippen molar-refractivity contribution < 1.29 is 13.5 Å². The lowest BCUT2D eigenvalue weighted by Gasteiger charge is -2.09. The molecule has 0 atom stereocenters. The Kier molecular flexibility index (Phi) is 9.64. The summed E-state index contributed by atoms with van der Waals surface area (Å²) in [5.41, 5.74) is -1.30. The maximum atomic E-state index is 12.5. The van der Waals surface area contributed by atoms with Crippen LogP contribution in [0.4, 0.5) is 8.78 Å². The van der Waals surface area contributed by atoms with Gasteiger partial charge in [0.05, 0.1) is 16.8 Å². The Bertz CT molecular complexity index is 202. The molecule has 0 aromatic carbocycles. The zero-order valence-corrected chi connectivity index (χ0v) is 13.2. The summed E-state index contributed by atoms with van der Waals surface area (Å²) in [7, 11) is -0.00985. The molecule has 4 heteroatoms. The number of hydrogen-bond acceptors (Lipinski definition) is 1. The van der Waals surface area contributed by atoms with E-state index in [0.717, 1.165) is 44.3 Å². The highest BCUT2D eigenvalue weighted by molar-refractivity contribution is 6.13. The number of ether oxygens (including phenoxy) is 1. The third-order valence-electron chi connectivity index (χ3n) is 2.50. The maximum absolute atomic E-state index is 12.5. The van der Waals surface area contributed by atoms with Crippen LogP contribution in [-0.4, -0.2) is 29.0 Å². The fourth-order valence-electron chi connectivity index (χ4n) is 1.59. The van der Waals surface area contributed by atoms with Gasteiger partial charge in [-0.05, 0) is 19.8 Å². The topological polar surface area (TPSA) is 9.23 Å². The molecule has 0 aromatic heterocycles. The summed E-state index contributed by atoms with van der Waals surface area (Å²) in [5.74, 6) is 0. The van der Waals surface area contributed by atoms with E-state index >= 15 is 0 Å². The van der Waals surface area contributed by atoms with Crippen LogP contribution in [0.25, 0.3) is 0 Å². The molecule has 0 aliphatic heterocycles. The molecule has 0 aromatic rings. The quantitative estimate of drug-likeness (QED) is 0.316. The molecule has 17 heavy (non-hydrogen) atoms. The summed E-state index contributed by atoms with van der Waals surface area (Å²) in [6, 6.07) is 0. The van der Waals surface area contributed by atoms with Crippen molar-refractivity contribution in [1.29, 1.82) is 0 Å². The summed E-state index contributed by atoms with van der Waals surface area (Å²) < 4.78 is 30.5. The molecule has 0 aliphatic carbocycles. The highest BCUT2D eigenvalue weighted by atomic mass is 28.1. The summed E-state index contributed by atoms with van der Waals surface area (Å²) in [4.78, 5) is 0. The zero-order chi connectivity index (χ0) is 13.1. The first-order chi connectivity index (χ1) is 7.92. The fourth-order valence-corrected chi connectivity index (χ4v) is 1.95. The van der Waals surface area contributed by atoms with Crippen LogP contribution in [0.1, 0.15) is 51.9 Å². The fraction of sp³-hybridized carbons (Fsp3) is 0.846. The van der Waals surface area contributed by atoms with Crippen LogP contribution < -0.4 is 0 Å². The molecule has 0 spiro atoms. The summed E-state index contributed by atoms with van der Waals surface area (Å²) in [6.45, 7) is 7.14. The predicted molar refractivity (Wildman–Crippen MR) is 72.8 cm³/mol. The van der Waals surface area contributed by atoms with Crippen molar-refractivity contribution in [2.24, 2.45) is 0 Å². The smallest absolute Gasteiger partial charge is 0.219 e. The van der Waals surface area contributed by atoms with E-state index in [9.17, 15) is 8.78 Å². The lowest BCUT2D eigenvalue weighted by atomic mass is 10.1. The Labute approximate surface area is 107 Å². The highest BCUT2D eigenvalue weighted by Gasteiger charge is 2.18. The van der Waals surface area contributed by atoms with Crippen molar-refractivity contribution in [3.05, 3.63) is 12.2 Å². The first-order valence-electron chi connectivity index (χ1n) is 6.52. The molecule has 0 bridgehead atoms. The molecular weight excluding hydrogens is 238 g/mol. The van der Waals surface area contributed by atoms with E-state index < -0.39 is 5.55 Å². The molecule has 0 fully saturated rings. The third kappa shape index (κ3) is 15.8. The molecule has 0 radical (unpaired) electrons. The van der Waals surface area contributed by atoms with E-state index in [1.165, 1.54) is 0 Å². The van der Waals surface area contributed by atoms with E-state index in [0.29, 0.717) is 13.0 Å². The Morgan fingerprint density at radius 1 is 1.12 bits per heavy atom. The van der Waals surface area contributed by atoms with Gasteiger partial charge >= 0.3 is 0 Å². The van der Waals surface area contributed by atoms with E-state index in [4.69, 9.17) is 4.74 Å². The first-order valence-corrected chi connectivity index (χ1v) is 7.52. The zero-order valence-electron chi connectivity index (χ0n) is 11.2. The minimum absolute atomic E-state index is 0.00985. The normalized spacial score (nSPS) is 11.9. The third-order valence-corrected chi connectivity index (χ3v) is 3.00. The van der Waals surface area contributed by atoms with Crippen LogP contribution in [-0.2, 0) is 4.74 Å². The van der Waals surface area contributed by atoms with E-state index in [1.807, 2.05) is 6.92 Å². The SMILES string of the molecule is C=C(C)COCCCCCCCCC(F)(F)[SiH3]. The minimum Gasteiger partial charge on any atom is -0.377 e. The van der Waals surface area contributed by atoms with Crippen molar-refractivity contribution in [1.82, 2.24) is 0 Å². The second-order valence-corrected chi connectivity index (χ2v) is 6.41. The molecule has 0 N–H and O–H groups in total. The molecule has 0 saturated carbocycles. The molecule has 0 aliphatic rings. The largest absolute Gasteiger partial charge is 0.377 e. The standard InChI is InChI=1S/C13H26F2OSi/c1-12(2)11-16-10-8-6-4-3-5-7-9-13(14,15)17/h1,3-11H2,2,17H3. The number of unbranched alkanes of at least 4 members (excludes halogenated alkanes) is 5. The number of rotatable bonds is 11. The molecule has 102 valence electrons. The van der Waals surface area contributed by atoms with Crippen LogP contribution in [0.3, 0.4) is 0 Å². The van der Waals surface area contributed by atoms with E-state index in [-0.39, 0.29) is 16.7 Å². The maximum Gasteiger partial charge on any atom is 0.219 e. The Balaban J connectivity index is 3.06. The van der Waals surface area contributed by atoms with Gasteiger partial charge in [-0.1, -0.05) is 37.8 Å². The lowest BCUT2D eigenvalue weighted by Crippen LogP contribution is -2.14. The van der Waals surface area contributed by atoms with Gasteiger partial charge in [0.15, 0.2) is 0 Å². The lowest BCUT2D eigenvalue weighted by molar-refractivity contribution is 0.0818. The highest BCUT2D eigenvalue weighted by Crippen LogP contribution is 2.18. The average Bonchev–Trinajstić information content (AvgIpc) is 2.18. The minimum atomic E-state index is -2.35. The van der Waals surface area contributed by atoms with Gasteiger partial charge in [-0.3, -0.25) is 0 Å². The number of hydrogen-bond donors (Lipinski definition) is 0. The van der Waals surface area contributed by atoms with Crippen molar-refractivity contribution in [2.45, 2.75) is 57.4 Å². The summed E-state index contributed by atoms with van der Waals surface area (Å²) in [5, 5.41) is 0. The van der Waals surface area contributed by atoms with Crippen molar-refractivity contribution in [3.63, 3.8) is 0 Å². The number of alkyl halides is 2. The predicted octanol–water partition coefficient (Wildman–Crippen LogP) is 3.27. The molecule has 0 unspecified atom stereocenters. The van der Waals surface area contributed by atoms with E-state index in [1.54, 1.807) is 0 Å². The van der Waals surface area contributed by atoms with Crippen molar-refractivity contribution in [2.75, 3.05) is 13.2 Å². The van der Waals surface area contributed by atoms with Crippen LogP contribution >= 0.6 is 0 Å². The van der Waals surface area contributed by atoms with Gasteiger partial charge in [0.2, 0.25) is 5.55 Å². The molecule has 0 saturated heterocycles. The van der Waals surface area contributed by atoms with Crippen LogP contribution in [0, 0.1) is 0 Å².